The SMILES string of the molecule is CCOCCCNC(=NC)NCc1cc(Cl)c2c(c1)OCCCO2. The summed E-state index contributed by atoms with van der Waals surface area (Å²) in [6, 6.07) is 3.85. The summed E-state index contributed by atoms with van der Waals surface area (Å²) in [6.45, 7) is 6.17. The fraction of sp³-hybridized carbons (Fsp3) is 0.588. The van der Waals surface area contributed by atoms with Gasteiger partial charge in [0.25, 0.3) is 0 Å². The number of guanidine groups is 1. The van der Waals surface area contributed by atoms with E-state index in [1.807, 2.05) is 19.1 Å². The molecule has 0 bridgehead atoms. The molecule has 1 aliphatic rings. The number of rotatable bonds is 7. The van der Waals surface area contributed by atoms with Gasteiger partial charge in [-0.15, -0.1) is 0 Å². The number of benzene rings is 1. The second-order valence-corrected chi connectivity index (χ2v) is 5.77. The van der Waals surface area contributed by atoms with Crippen LogP contribution in [0.4, 0.5) is 0 Å². The fourth-order valence-corrected chi connectivity index (χ4v) is 2.61. The van der Waals surface area contributed by atoms with Gasteiger partial charge in [0.05, 0.1) is 18.2 Å². The zero-order valence-corrected chi connectivity index (χ0v) is 15.1. The van der Waals surface area contributed by atoms with E-state index in [0.29, 0.717) is 36.3 Å². The van der Waals surface area contributed by atoms with Gasteiger partial charge in [0.1, 0.15) is 0 Å². The average molecular weight is 356 g/mol. The van der Waals surface area contributed by atoms with Crippen molar-refractivity contribution in [3.05, 3.63) is 22.7 Å². The molecule has 134 valence electrons. The van der Waals surface area contributed by atoms with Crippen molar-refractivity contribution >= 4 is 17.6 Å². The second-order valence-electron chi connectivity index (χ2n) is 5.36. The molecule has 0 saturated heterocycles. The third kappa shape index (κ3) is 5.76. The van der Waals surface area contributed by atoms with Crippen LogP contribution in [0, 0.1) is 0 Å². The molecule has 1 aromatic carbocycles. The minimum Gasteiger partial charge on any atom is -0.489 e. The quantitative estimate of drug-likeness (QED) is 0.447. The molecule has 1 aliphatic heterocycles. The van der Waals surface area contributed by atoms with Crippen molar-refractivity contribution in [3.63, 3.8) is 0 Å². The summed E-state index contributed by atoms with van der Waals surface area (Å²) < 4.78 is 16.7. The molecule has 2 rings (SSSR count). The third-order valence-electron chi connectivity index (χ3n) is 3.51. The van der Waals surface area contributed by atoms with Gasteiger partial charge < -0.3 is 24.8 Å². The van der Waals surface area contributed by atoms with Crippen molar-refractivity contribution in [3.8, 4) is 11.5 Å². The van der Waals surface area contributed by atoms with Gasteiger partial charge in [-0.05, 0) is 31.0 Å². The first-order chi connectivity index (χ1) is 11.7. The number of halogens is 1. The average Bonchev–Trinajstić information content (AvgIpc) is 2.83. The Morgan fingerprint density at radius 3 is 2.92 bits per heavy atom. The topological polar surface area (TPSA) is 64.1 Å². The molecule has 0 unspecified atom stereocenters. The number of hydrogen-bond donors (Lipinski definition) is 2. The molecule has 0 aromatic heterocycles. The van der Waals surface area contributed by atoms with E-state index in [4.69, 9.17) is 25.8 Å². The Kier molecular flexibility index (Phi) is 7.98. The normalized spacial score (nSPS) is 14.2. The van der Waals surface area contributed by atoms with Crippen LogP contribution in [-0.4, -0.2) is 46.0 Å². The number of fused-ring (bicyclic) bond motifs is 1. The predicted molar refractivity (Wildman–Crippen MR) is 96.4 cm³/mol. The Hall–Kier alpha value is -1.66. The molecule has 0 radical (unpaired) electrons. The monoisotopic (exact) mass is 355 g/mol. The van der Waals surface area contributed by atoms with Gasteiger partial charge in [-0.2, -0.15) is 0 Å². The number of nitrogens with one attached hydrogen (secondary N) is 2. The molecule has 0 atom stereocenters. The smallest absolute Gasteiger partial charge is 0.191 e. The summed E-state index contributed by atoms with van der Waals surface area (Å²) in [5.74, 6) is 2.09. The Labute approximate surface area is 148 Å². The van der Waals surface area contributed by atoms with Crippen LogP contribution in [0.25, 0.3) is 0 Å². The number of ether oxygens (including phenoxy) is 3. The van der Waals surface area contributed by atoms with Gasteiger partial charge in [-0.25, -0.2) is 0 Å². The molecule has 0 spiro atoms. The maximum atomic E-state index is 6.31. The number of aliphatic imine (C=N–C) groups is 1. The maximum absolute atomic E-state index is 6.31. The summed E-state index contributed by atoms with van der Waals surface area (Å²) >= 11 is 6.31. The molecule has 24 heavy (non-hydrogen) atoms. The molecule has 7 heteroatoms. The van der Waals surface area contributed by atoms with Crippen LogP contribution in [-0.2, 0) is 11.3 Å². The lowest BCUT2D eigenvalue weighted by Gasteiger charge is -2.14. The minimum absolute atomic E-state index is 0.575. The molecule has 0 amide bonds. The zero-order valence-electron chi connectivity index (χ0n) is 14.4. The van der Waals surface area contributed by atoms with E-state index in [0.717, 1.165) is 44.1 Å². The van der Waals surface area contributed by atoms with E-state index in [1.165, 1.54) is 0 Å². The molecule has 0 aliphatic carbocycles. The maximum Gasteiger partial charge on any atom is 0.191 e. The largest absolute Gasteiger partial charge is 0.489 e. The lowest BCUT2D eigenvalue weighted by molar-refractivity contribution is 0.145. The first kappa shape index (κ1) is 18.7. The van der Waals surface area contributed by atoms with Crippen LogP contribution in [0.2, 0.25) is 5.02 Å². The highest BCUT2D eigenvalue weighted by atomic mass is 35.5. The van der Waals surface area contributed by atoms with Gasteiger partial charge in [0, 0.05) is 39.8 Å². The van der Waals surface area contributed by atoms with Crippen molar-refractivity contribution in [1.29, 1.82) is 0 Å². The standard InChI is InChI=1S/C17H26ClN3O3/c1-3-22-7-4-6-20-17(19-2)21-12-13-10-14(18)16-15(11-13)23-8-5-9-24-16/h10-11H,3-9,12H2,1-2H3,(H2,19,20,21). The van der Waals surface area contributed by atoms with E-state index < -0.39 is 0 Å². The first-order valence-corrected chi connectivity index (χ1v) is 8.72. The van der Waals surface area contributed by atoms with Gasteiger partial charge in [-0.1, -0.05) is 11.6 Å². The van der Waals surface area contributed by atoms with Crippen molar-refractivity contribution < 1.29 is 14.2 Å². The van der Waals surface area contributed by atoms with Crippen molar-refractivity contribution in [2.24, 2.45) is 4.99 Å². The Balaban J connectivity index is 1.86. The van der Waals surface area contributed by atoms with Gasteiger partial charge in [-0.3, -0.25) is 4.99 Å². The van der Waals surface area contributed by atoms with Crippen molar-refractivity contribution in [2.45, 2.75) is 26.3 Å². The summed E-state index contributed by atoms with van der Waals surface area (Å²) in [5, 5.41) is 7.10. The third-order valence-corrected chi connectivity index (χ3v) is 3.79. The summed E-state index contributed by atoms with van der Waals surface area (Å²) in [6.07, 6.45) is 1.79. The van der Waals surface area contributed by atoms with Gasteiger partial charge in [0.15, 0.2) is 17.5 Å². The van der Waals surface area contributed by atoms with E-state index in [2.05, 4.69) is 15.6 Å². The fourth-order valence-electron chi connectivity index (χ4n) is 2.32. The van der Waals surface area contributed by atoms with Crippen molar-refractivity contribution in [1.82, 2.24) is 10.6 Å². The minimum atomic E-state index is 0.575. The van der Waals surface area contributed by atoms with E-state index in [1.54, 1.807) is 7.05 Å². The summed E-state index contributed by atoms with van der Waals surface area (Å²) in [5.41, 5.74) is 1.02. The van der Waals surface area contributed by atoms with Crippen LogP contribution in [0.15, 0.2) is 17.1 Å². The Morgan fingerprint density at radius 2 is 2.12 bits per heavy atom. The molecule has 6 nitrogen and oxygen atoms in total. The van der Waals surface area contributed by atoms with Gasteiger partial charge >= 0.3 is 0 Å². The molecule has 2 N–H and O–H groups in total. The predicted octanol–water partition coefficient (Wildman–Crippen LogP) is 2.59. The lowest BCUT2D eigenvalue weighted by Crippen LogP contribution is -2.37. The highest BCUT2D eigenvalue weighted by molar-refractivity contribution is 6.32. The first-order valence-electron chi connectivity index (χ1n) is 8.35. The zero-order chi connectivity index (χ0) is 17.2. The molecular weight excluding hydrogens is 330 g/mol. The van der Waals surface area contributed by atoms with Crippen LogP contribution in [0.1, 0.15) is 25.3 Å². The highest BCUT2D eigenvalue weighted by Gasteiger charge is 2.15. The molecular formula is C17H26ClN3O3. The van der Waals surface area contributed by atoms with E-state index in [-0.39, 0.29) is 0 Å². The Bertz CT molecular complexity index is 552. The lowest BCUT2D eigenvalue weighted by atomic mass is 10.2. The molecule has 0 saturated carbocycles. The van der Waals surface area contributed by atoms with Crippen LogP contribution < -0.4 is 20.1 Å². The Morgan fingerprint density at radius 1 is 1.29 bits per heavy atom. The van der Waals surface area contributed by atoms with E-state index in [9.17, 15) is 0 Å². The second kappa shape index (κ2) is 10.3. The summed E-state index contributed by atoms with van der Waals surface area (Å²) in [7, 11) is 1.75. The van der Waals surface area contributed by atoms with E-state index >= 15 is 0 Å². The van der Waals surface area contributed by atoms with Crippen LogP contribution in [0.5, 0.6) is 11.5 Å². The summed E-state index contributed by atoms with van der Waals surface area (Å²) in [4.78, 5) is 4.21. The van der Waals surface area contributed by atoms with Crippen LogP contribution in [0.3, 0.4) is 0 Å². The molecule has 1 heterocycles. The number of nitrogens with zero attached hydrogens (tertiary/aromatic N) is 1. The van der Waals surface area contributed by atoms with Crippen LogP contribution >= 0.6 is 11.6 Å². The van der Waals surface area contributed by atoms with Gasteiger partial charge in [0.2, 0.25) is 0 Å². The molecule has 0 fully saturated rings. The highest BCUT2D eigenvalue weighted by Crippen LogP contribution is 2.37. The number of hydrogen-bond acceptors (Lipinski definition) is 4. The molecule has 1 aromatic rings. The van der Waals surface area contributed by atoms with Crippen molar-refractivity contribution in [2.75, 3.05) is 40.0 Å².